The van der Waals surface area contributed by atoms with E-state index in [0.717, 1.165) is 17.7 Å². The number of fused-ring (bicyclic) bond motifs is 1. The van der Waals surface area contributed by atoms with E-state index in [9.17, 15) is 15.8 Å². The monoisotopic (exact) mass is 391 g/mol. The highest BCUT2D eigenvalue weighted by molar-refractivity contribution is 5.59. The molecular formula is C25H21N5. The molecule has 0 unspecified atom stereocenters. The number of hydrogen-bond donors (Lipinski definition) is 1. The molecule has 0 aromatic heterocycles. The minimum atomic E-state index is -1.58. The summed E-state index contributed by atoms with van der Waals surface area (Å²) in [6.07, 6.45) is 2.04. The van der Waals surface area contributed by atoms with Crippen LogP contribution in [0.15, 0.2) is 83.6 Å². The van der Waals surface area contributed by atoms with Gasteiger partial charge in [0.15, 0.2) is 5.41 Å². The third-order valence-corrected chi connectivity index (χ3v) is 6.15. The minimum absolute atomic E-state index is 0.0721. The van der Waals surface area contributed by atoms with Gasteiger partial charge in [0.05, 0.1) is 23.4 Å². The Kier molecular flexibility index (Phi) is 5.11. The molecule has 0 saturated carbocycles. The molecule has 0 amide bonds. The highest BCUT2D eigenvalue weighted by Crippen LogP contribution is 2.54. The van der Waals surface area contributed by atoms with E-state index >= 15 is 0 Å². The van der Waals surface area contributed by atoms with E-state index in [1.165, 1.54) is 5.56 Å². The van der Waals surface area contributed by atoms with E-state index in [0.29, 0.717) is 13.1 Å². The van der Waals surface area contributed by atoms with Crippen LogP contribution in [-0.4, -0.2) is 18.0 Å². The Labute approximate surface area is 176 Å². The van der Waals surface area contributed by atoms with Crippen LogP contribution in [0, 0.1) is 45.3 Å². The number of nitrogens with two attached hydrogens (primary N) is 1. The first-order chi connectivity index (χ1) is 14.6. The molecule has 5 nitrogen and oxygen atoms in total. The maximum absolute atomic E-state index is 10.1. The predicted octanol–water partition coefficient (Wildman–Crippen LogP) is 3.61. The van der Waals surface area contributed by atoms with Crippen molar-refractivity contribution in [2.24, 2.45) is 17.1 Å². The molecule has 2 aromatic carbocycles. The molecular weight excluding hydrogens is 370 g/mol. The van der Waals surface area contributed by atoms with E-state index in [2.05, 4.69) is 35.2 Å². The van der Waals surface area contributed by atoms with Crippen molar-refractivity contribution in [3.8, 4) is 18.2 Å². The van der Waals surface area contributed by atoms with Gasteiger partial charge in [-0.25, -0.2) is 0 Å². The summed E-state index contributed by atoms with van der Waals surface area (Å²) >= 11 is 0. The lowest BCUT2D eigenvalue weighted by Crippen LogP contribution is -2.47. The maximum atomic E-state index is 10.1. The predicted molar refractivity (Wildman–Crippen MR) is 113 cm³/mol. The van der Waals surface area contributed by atoms with Crippen LogP contribution >= 0.6 is 0 Å². The van der Waals surface area contributed by atoms with Gasteiger partial charge in [0, 0.05) is 31.5 Å². The van der Waals surface area contributed by atoms with Gasteiger partial charge in [0.1, 0.15) is 6.07 Å². The Morgan fingerprint density at radius 3 is 2.20 bits per heavy atom. The van der Waals surface area contributed by atoms with Crippen molar-refractivity contribution in [1.82, 2.24) is 4.90 Å². The number of nitriles is 3. The van der Waals surface area contributed by atoms with E-state index in [4.69, 9.17) is 5.73 Å². The van der Waals surface area contributed by atoms with Crippen molar-refractivity contribution >= 4 is 0 Å². The summed E-state index contributed by atoms with van der Waals surface area (Å²) in [7, 11) is 0. The van der Waals surface area contributed by atoms with Gasteiger partial charge in [-0.1, -0.05) is 66.7 Å². The molecule has 1 aliphatic carbocycles. The van der Waals surface area contributed by atoms with Gasteiger partial charge in [-0.15, -0.1) is 0 Å². The van der Waals surface area contributed by atoms with Crippen molar-refractivity contribution in [1.29, 1.82) is 15.8 Å². The molecule has 4 rings (SSSR count). The van der Waals surface area contributed by atoms with E-state index < -0.39 is 11.3 Å². The average molecular weight is 391 g/mol. The lowest BCUT2D eigenvalue weighted by atomic mass is 9.58. The Bertz CT molecular complexity index is 1110. The molecule has 2 aliphatic rings. The van der Waals surface area contributed by atoms with E-state index in [-0.39, 0.29) is 17.2 Å². The Hall–Kier alpha value is -3.85. The first kappa shape index (κ1) is 19.5. The summed E-state index contributed by atoms with van der Waals surface area (Å²) in [5.41, 5.74) is 8.06. The Morgan fingerprint density at radius 2 is 1.60 bits per heavy atom. The molecule has 0 bridgehead atoms. The summed E-state index contributed by atoms with van der Waals surface area (Å²) in [5, 5.41) is 30.1. The normalized spacial score (nSPS) is 22.8. The van der Waals surface area contributed by atoms with E-state index in [1.54, 1.807) is 0 Å². The van der Waals surface area contributed by atoms with Crippen LogP contribution in [0.3, 0.4) is 0 Å². The SMILES string of the molecule is N#CC1=C(N)C(C#N)(C#N)[C@H](c2ccccc2)[C@H]2CN(Cc3ccccc3)CC=C12. The molecule has 1 aliphatic heterocycles. The van der Waals surface area contributed by atoms with Crippen LogP contribution in [0.1, 0.15) is 17.0 Å². The zero-order valence-corrected chi connectivity index (χ0v) is 16.5. The van der Waals surface area contributed by atoms with E-state index in [1.807, 2.05) is 54.6 Å². The summed E-state index contributed by atoms with van der Waals surface area (Å²) in [5.74, 6) is -0.623. The molecule has 146 valence electrons. The molecule has 0 fully saturated rings. The zero-order chi connectivity index (χ0) is 21.1. The second kappa shape index (κ2) is 7.88. The average Bonchev–Trinajstić information content (AvgIpc) is 2.80. The summed E-state index contributed by atoms with van der Waals surface area (Å²) in [6.45, 7) is 2.09. The van der Waals surface area contributed by atoms with Gasteiger partial charge in [0.25, 0.3) is 0 Å². The first-order valence-corrected chi connectivity index (χ1v) is 9.89. The Morgan fingerprint density at radius 1 is 0.967 bits per heavy atom. The second-order valence-electron chi connectivity index (χ2n) is 7.77. The smallest absolute Gasteiger partial charge is 0.191 e. The first-order valence-electron chi connectivity index (χ1n) is 9.89. The summed E-state index contributed by atoms with van der Waals surface area (Å²) in [6, 6.07) is 26.3. The Balaban J connectivity index is 1.83. The van der Waals surface area contributed by atoms with Crippen molar-refractivity contribution in [3.63, 3.8) is 0 Å². The fourth-order valence-corrected chi connectivity index (χ4v) is 4.75. The quantitative estimate of drug-likeness (QED) is 0.861. The van der Waals surface area contributed by atoms with Crippen LogP contribution < -0.4 is 5.73 Å². The molecule has 0 saturated heterocycles. The number of hydrogen-bond acceptors (Lipinski definition) is 5. The minimum Gasteiger partial charge on any atom is -0.399 e. The molecule has 2 N–H and O–H groups in total. The highest BCUT2D eigenvalue weighted by atomic mass is 15.1. The van der Waals surface area contributed by atoms with Gasteiger partial charge in [-0.05, 0) is 16.7 Å². The van der Waals surface area contributed by atoms with Crippen LogP contribution in [-0.2, 0) is 6.54 Å². The zero-order valence-electron chi connectivity index (χ0n) is 16.5. The number of benzene rings is 2. The second-order valence-corrected chi connectivity index (χ2v) is 7.77. The fourth-order valence-electron chi connectivity index (χ4n) is 4.75. The van der Waals surface area contributed by atoms with Crippen molar-refractivity contribution in [3.05, 3.63) is 94.7 Å². The van der Waals surface area contributed by atoms with Crippen molar-refractivity contribution in [2.45, 2.75) is 12.5 Å². The van der Waals surface area contributed by atoms with Crippen LogP contribution in [0.2, 0.25) is 0 Å². The van der Waals surface area contributed by atoms with Crippen LogP contribution in [0.25, 0.3) is 0 Å². The third-order valence-electron chi connectivity index (χ3n) is 6.15. The highest BCUT2D eigenvalue weighted by Gasteiger charge is 2.54. The van der Waals surface area contributed by atoms with Gasteiger partial charge < -0.3 is 5.73 Å². The number of allylic oxidation sites excluding steroid dienone is 2. The summed E-state index contributed by atoms with van der Waals surface area (Å²) < 4.78 is 0. The van der Waals surface area contributed by atoms with Crippen LogP contribution in [0.5, 0.6) is 0 Å². The molecule has 1 heterocycles. The van der Waals surface area contributed by atoms with Crippen molar-refractivity contribution in [2.75, 3.05) is 13.1 Å². The van der Waals surface area contributed by atoms with Gasteiger partial charge >= 0.3 is 0 Å². The lowest BCUT2D eigenvalue weighted by Gasteiger charge is -2.45. The molecule has 30 heavy (non-hydrogen) atoms. The topological polar surface area (TPSA) is 101 Å². The third kappa shape index (κ3) is 3.05. The summed E-state index contributed by atoms with van der Waals surface area (Å²) in [4.78, 5) is 2.29. The fraction of sp³-hybridized carbons (Fsp3) is 0.240. The lowest BCUT2D eigenvalue weighted by molar-refractivity contribution is 0.201. The number of nitrogens with zero attached hydrogens (tertiary/aromatic N) is 4. The van der Waals surface area contributed by atoms with Gasteiger partial charge in [0.2, 0.25) is 0 Å². The van der Waals surface area contributed by atoms with Gasteiger partial charge in [-0.2, -0.15) is 15.8 Å². The molecule has 0 radical (unpaired) electrons. The molecule has 2 aromatic rings. The largest absolute Gasteiger partial charge is 0.399 e. The molecule has 0 spiro atoms. The maximum Gasteiger partial charge on any atom is 0.191 e. The van der Waals surface area contributed by atoms with Crippen LogP contribution in [0.4, 0.5) is 0 Å². The standard InChI is InChI=1S/C25H21N5/c26-13-21-20-11-12-30(14-18-7-3-1-4-8-18)15-22(20)23(19-9-5-2-6-10-19)25(16-27,17-28)24(21)29/h1-11,22-23H,12,14-15,29H2/t22-,23+/m0/s1. The number of rotatable bonds is 3. The van der Waals surface area contributed by atoms with Crippen molar-refractivity contribution < 1.29 is 0 Å². The van der Waals surface area contributed by atoms with Gasteiger partial charge in [-0.3, -0.25) is 4.90 Å². The molecule has 2 atom stereocenters. The molecule has 5 heteroatoms.